The Morgan fingerprint density at radius 2 is 2.24 bits per heavy atom. The zero-order valence-corrected chi connectivity index (χ0v) is 13.4. The molecule has 0 spiro atoms. The number of methoxy groups -OCH3 is 1. The summed E-state index contributed by atoms with van der Waals surface area (Å²) in [5, 5.41) is 3.77. The second kappa shape index (κ2) is 5.93. The van der Waals surface area contributed by atoms with Crippen LogP contribution >= 0.6 is 0 Å². The van der Waals surface area contributed by atoms with Gasteiger partial charge in [-0.25, -0.2) is 4.98 Å². The van der Waals surface area contributed by atoms with Crippen molar-refractivity contribution in [1.82, 2.24) is 15.2 Å². The number of pyridine rings is 1. The molecule has 2 aliphatic rings. The minimum atomic E-state index is 0.226. The highest BCUT2D eigenvalue weighted by atomic mass is 16.5. The lowest BCUT2D eigenvalue weighted by Gasteiger charge is -2.46. The lowest BCUT2D eigenvalue weighted by Crippen LogP contribution is -2.62. The highest BCUT2D eigenvalue weighted by Gasteiger charge is 2.41. The van der Waals surface area contributed by atoms with E-state index in [4.69, 9.17) is 4.74 Å². The molecule has 2 fully saturated rings. The molecule has 2 unspecified atom stereocenters. The van der Waals surface area contributed by atoms with Crippen LogP contribution < -0.4 is 10.1 Å². The molecule has 1 aromatic rings. The van der Waals surface area contributed by atoms with E-state index in [0.29, 0.717) is 11.9 Å². The molecule has 4 heteroatoms. The van der Waals surface area contributed by atoms with Crippen LogP contribution in [0.4, 0.5) is 0 Å². The van der Waals surface area contributed by atoms with Crippen LogP contribution in [0.2, 0.25) is 0 Å². The number of ether oxygens (including phenoxy) is 1. The third-order valence-electron chi connectivity index (χ3n) is 5.06. The van der Waals surface area contributed by atoms with Crippen LogP contribution in [-0.2, 0) is 6.54 Å². The van der Waals surface area contributed by atoms with Gasteiger partial charge in [-0.1, -0.05) is 13.0 Å². The summed E-state index contributed by atoms with van der Waals surface area (Å²) >= 11 is 0. The van der Waals surface area contributed by atoms with Gasteiger partial charge in [0, 0.05) is 37.3 Å². The van der Waals surface area contributed by atoms with Crippen LogP contribution in [0.1, 0.15) is 38.8 Å². The quantitative estimate of drug-likeness (QED) is 0.903. The number of nitrogens with zero attached hydrogens (tertiary/aromatic N) is 2. The van der Waals surface area contributed by atoms with Gasteiger partial charge >= 0.3 is 0 Å². The second-order valence-corrected chi connectivity index (χ2v) is 6.78. The van der Waals surface area contributed by atoms with Gasteiger partial charge in [0.2, 0.25) is 5.88 Å². The van der Waals surface area contributed by atoms with E-state index in [1.54, 1.807) is 7.11 Å². The highest BCUT2D eigenvalue weighted by molar-refractivity contribution is 5.16. The van der Waals surface area contributed by atoms with Crippen molar-refractivity contribution < 1.29 is 4.74 Å². The first-order valence-corrected chi connectivity index (χ1v) is 8.12. The number of piperazine rings is 1. The van der Waals surface area contributed by atoms with Gasteiger partial charge < -0.3 is 10.1 Å². The van der Waals surface area contributed by atoms with Crippen LogP contribution in [0.5, 0.6) is 5.88 Å². The fraction of sp³-hybridized carbons (Fsp3) is 0.706. The minimum Gasteiger partial charge on any atom is -0.481 e. The van der Waals surface area contributed by atoms with Gasteiger partial charge in [-0.3, -0.25) is 4.90 Å². The van der Waals surface area contributed by atoms with Crippen molar-refractivity contribution in [2.24, 2.45) is 5.92 Å². The van der Waals surface area contributed by atoms with Crippen molar-refractivity contribution >= 4 is 0 Å². The summed E-state index contributed by atoms with van der Waals surface area (Å²) < 4.78 is 5.25. The molecule has 1 N–H and O–H groups in total. The van der Waals surface area contributed by atoms with E-state index in [1.807, 2.05) is 12.1 Å². The number of nitrogens with one attached hydrogen (secondary N) is 1. The molecular weight excluding hydrogens is 262 g/mol. The predicted molar refractivity (Wildman–Crippen MR) is 84.4 cm³/mol. The maximum atomic E-state index is 5.25. The standard InChI is InChI=1S/C17H27N3O/c1-4-17(2)12-20(15(10-18-17)13-8-9-13)11-14-6-5-7-16(19-14)21-3/h5-7,13,15,18H,4,8-12H2,1-3H3. The summed E-state index contributed by atoms with van der Waals surface area (Å²) in [6, 6.07) is 6.72. The molecule has 2 atom stereocenters. The summed E-state index contributed by atoms with van der Waals surface area (Å²) in [4.78, 5) is 7.23. The van der Waals surface area contributed by atoms with Crippen LogP contribution in [0.25, 0.3) is 0 Å². The first kappa shape index (κ1) is 14.8. The molecule has 1 saturated carbocycles. The second-order valence-electron chi connectivity index (χ2n) is 6.78. The lowest BCUT2D eigenvalue weighted by atomic mass is 9.92. The average molecular weight is 289 g/mol. The molecule has 0 aromatic carbocycles. The number of aromatic nitrogens is 1. The first-order valence-electron chi connectivity index (χ1n) is 8.12. The van der Waals surface area contributed by atoms with Crippen molar-refractivity contribution in [3.63, 3.8) is 0 Å². The van der Waals surface area contributed by atoms with Crippen molar-refractivity contribution in [3.8, 4) is 5.88 Å². The molecule has 0 radical (unpaired) electrons. The van der Waals surface area contributed by atoms with E-state index in [1.165, 1.54) is 12.8 Å². The van der Waals surface area contributed by atoms with E-state index in [2.05, 4.69) is 35.1 Å². The van der Waals surface area contributed by atoms with Crippen LogP contribution in [0.15, 0.2) is 18.2 Å². The van der Waals surface area contributed by atoms with E-state index < -0.39 is 0 Å². The van der Waals surface area contributed by atoms with Crippen LogP contribution in [0.3, 0.4) is 0 Å². The largest absolute Gasteiger partial charge is 0.481 e. The number of rotatable bonds is 5. The molecule has 1 aliphatic carbocycles. The monoisotopic (exact) mass is 289 g/mol. The smallest absolute Gasteiger partial charge is 0.213 e. The predicted octanol–water partition coefficient (Wildman–Crippen LogP) is 2.44. The van der Waals surface area contributed by atoms with Gasteiger partial charge in [0.05, 0.1) is 12.8 Å². The topological polar surface area (TPSA) is 37.4 Å². The number of hydrogen-bond donors (Lipinski definition) is 1. The summed E-state index contributed by atoms with van der Waals surface area (Å²) in [7, 11) is 1.68. The van der Waals surface area contributed by atoms with Crippen LogP contribution in [0, 0.1) is 5.92 Å². The molecule has 3 rings (SSSR count). The van der Waals surface area contributed by atoms with E-state index in [0.717, 1.165) is 37.7 Å². The van der Waals surface area contributed by atoms with E-state index >= 15 is 0 Å². The molecule has 4 nitrogen and oxygen atoms in total. The molecule has 21 heavy (non-hydrogen) atoms. The Kier molecular flexibility index (Phi) is 4.18. The van der Waals surface area contributed by atoms with Crippen molar-refractivity contribution in [1.29, 1.82) is 0 Å². The lowest BCUT2D eigenvalue weighted by molar-refractivity contribution is 0.0650. The molecule has 2 heterocycles. The summed E-state index contributed by atoms with van der Waals surface area (Å²) in [5.74, 6) is 1.59. The molecule has 1 aliphatic heterocycles. The normalized spacial score (nSPS) is 30.3. The Morgan fingerprint density at radius 3 is 2.90 bits per heavy atom. The van der Waals surface area contributed by atoms with Gasteiger partial charge in [0.15, 0.2) is 0 Å². The Bertz CT molecular complexity index is 489. The Morgan fingerprint density at radius 1 is 1.43 bits per heavy atom. The number of hydrogen-bond acceptors (Lipinski definition) is 4. The van der Waals surface area contributed by atoms with E-state index in [-0.39, 0.29) is 5.54 Å². The zero-order valence-electron chi connectivity index (χ0n) is 13.4. The summed E-state index contributed by atoms with van der Waals surface area (Å²) in [6.07, 6.45) is 3.93. The molecular formula is C17H27N3O. The average Bonchev–Trinajstić information content (AvgIpc) is 3.32. The highest BCUT2D eigenvalue weighted by Crippen LogP contribution is 2.38. The molecule has 116 valence electrons. The maximum Gasteiger partial charge on any atom is 0.213 e. The third kappa shape index (κ3) is 3.38. The van der Waals surface area contributed by atoms with Crippen molar-refractivity contribution in [3.05, 3.63) is 23.9 Å². The fourth-order valence-corrected chi connectivity index (χ4v) is 3.32. The molecule has 0 amide bonds. The summed E-state index contributed by atoms with van der Waals surface area (Å²) in [5.41, 5.74) is 1.34. The van der Waals surface area contributed by atoms with Gasteiger partial charge in [-0.2, -0.15) is 0 Å². The van der Waals surface area contributed by atoms with Gasteiger partial charge in [0.1, 0.15) is 0 Å². The third-order valence-corrected chi connectivity index (χ3v) is 5.06. The first-order chi connectivity index (χ1) is 10.1. The van der Waals surface area contributed by atoms with Crippen molar-refractivity contribution in [2.75, 3.05) is 20.2 Å². The van der Waals surface area contributed by atoms with E-state index in [9.17, 15) is 0 Å². The molecule has 1 aromatic heterocycles. The zero-order chi connectivity index (χ0) is 14.9. The SMILES string of the molecule is CCC1(C)CN(Cc2cccc(OC)n2)C(C2CC2)CN1. The van der Waals surface area contributed by atoms with Gasteiger partial charge in [0.25, 0.3) is 0 Å². The van der Waals surface area contributed by atoms with Gasteiger partial charge in [-0.05, 0) is 38.2 Å². The minimum absolute atomic E-state index is 0.226. The molecule has 1 saturated heterocycles. The Hall–Kier alpha value is -1.13. The van der Waals surface area contributed by atoms with Crippen molar-refractivity contribution in [2.45, 2.75) is 51.2 Å². The maximum absolute atomic E-state index is 5.25. The fourth-order valence-electron chi connectivity index (χ4n) is 3.32. The molecule has 0 bridgehead atoms. The summed E-state index contributed by atoms with van der Waals surface area (Å²) in [6.45, 7) is 7.74. The Labute approximate surface area is 127 Å². The Balaban J connectivity index is 1.75. The van der Waals surface area contributed by atoms with Gasteiger partial charge in [-0.15, -0.1) is 0 Å². The van der Waals surface area contributed by atoms with Crippen LogP contribution in [-0.4, -0.2) is 41.7 Å².